The van der Waals surface area contributed by atoms with E-state index >= 15 is 0 Å². The number of nitro benzene ring substituents is 1. The molecule has 0 spiro atoms. The quantitative estimate of drug-likeness (QED) is 0.331. The number of thioether (sulfide) groups is 1. The molecule has 0 amide bonds. The van der Waals surface area contributed by atoms with Crippen LogP contribution in [0.3, 0.4) is 0 Å². The molecule has 0 radical (unpaired) electrons. The van der Waals surface area contributed by atoms with Crippen LogP contribution in [-0.4, -0.2) is 24.8 Å². The van der Waals surface area contributed by atoms with E-state index in [1.807, 2.05) is 12.1 Å². The zero-order valence-corrected chi connectivity index (χ0v) is 12.7. The monoisotopic (exact) mass is 328 g/mol. The van der Waals surface area contributed by atoms with Crippen molar-refractivity contribution < 1.29 is 4.92 Å². The van der Waals surface area contributed by atoms with Crippen LogP contribution in [0.2, 0.25) is 0 Å². The van der Waals surface area contributed by atoms with E-state index in [0.29, 0.717) is 16.7 Å². The minimum absolute atomic E-state index is 0.0633. The third-order valence-corrected chi connectivity index (χ3v) is 4.09. The number of nitrogens with two attached hydrogens (primary N) is 1. The van der Waals surface area contributed by atoms with Gasteiger partial charge in [-0.2, -0.15) is 0 Å². The van der Waals surface area contributed by atoms with E-state index in [0.717, 1.165) is 11.1 Å². The van der Waals surface area contributed by atoms with Crippen molar-refractivity contribution in [2.75, 3.05) is 5.84 Å². The topological polar surface area (TPSA) is 113 Å². The predicted molar refractivity (Wildman–Crippen MR) is 86.1 cm³/mol. The lowest BCUT2D eigenvalue weighted by Crippen LogP contribution is -2.11. The average Bonchev–Trinajstić information content (AvgIpc) is 2.95. The van der Waals surface area contributed by atoms with Gasteiger partial charge in [-0.15, -0.1) is 10.2 Å². The molecule has 3 rings (SSSR count). The van der Waals surface area contributed by atoms with Crippen LogP contribution in [0, 0.1) is 10.1 Å². The van der Waals surface area contributed by atoms with Gasteiger partial charge in [-0.1, -0.05) is 23.9 Å². The second-order valence-electron chi connectivity index (χ2n) is 4.63. The molecule has 23 heavy (non-hydrogen) atoms. The molecular formula is C14H12N6O2S. The molecule has 8 nitrogen and oxygen atoms in total. The van der Waals surface area contributed by atoms with E-state index in [-0.39, 0.29) is 5.69 Å². The highest BCUT2D eigenvalue weighted by molar-refractivity contribution is 7.98. The zero-order valence-electron chi connectivity index (χ0n) is 11.9. The van der Waals surface area contributed by atoms with Crippen LogP contribution >= 0.6 is 11.8 Å². The van der Waals surface area contributed by atoms with Crippen molar-refractivity contribution >= 4 is 17.4 Å². The van der Waals surface area contributed by atoms with Gasteiger partial charge in [0.15, 0.2) is 5.82 Å². The van der Waals surface area contributed by atoms with Gasteiger partial charge in [-0.05, 0) is 17.7 Å². The molecule has 9 heteroatoms. The van der Waals surface area contributed by atoms with Gasteiger partial charge in [0, 0.05) is 35.8 Å². The first-order chi connectivity index (χ1) is 11.1. The van der Waals surface area contributed by atoms with Crippen molar-refractivity contribution in [2.45, 2.75) is 10.9 Å². The fourth-order valence-electron chi connectivity index (χ4n) is 1.98. The molecule has 2 aromatic heterocycles. The van der Waals surface area contributed by atoms with Gasteiger partial charge in [-0.25, -0.2) is 4.68 Å². The van der Waals surface area contributed by atoms with E-state index in [1.165, 1.54) is 28.6 Å². The highest BCUT2D eigenvalue weighted by Crippen LogP contribution is 2.25. The number of aromatic nitrogens is 4. The second kappa shape index (κ2) is 6.44. The number of benzene rings is 1. The molecule has 0 aliphatic heterocycles. The summed E-state index contributed by atoms with van der Waals surface area (Å²) in [5.74, 6) is 7.03. The SMILES string of the molecule is Nn1c(SCc2cccc([N+](=O)[O-])c2)nnc1-c1cccnc1. The second-order valence-corrected chi connectivity index (χ2v) is 5.58. The third kappa shape index (κ3) is 3.29. The van der Waals surface area contributed by atoms with Crippen LogP contribution in [0.1, 0.15) is 5.56 Å². The lowest BCUT2D eigenvalue weighted by molar-refractivity contribution is -0.384. The van der Waals surface area contributed by atoms with Crippen LogP contribution < -0.4 is 5.84 Å². The molecular weight excluding hydrogens is 316 g/mol. The molecule has 0 saturated carbocycles. The Balaban J connectivity index is 1.76. The molecule has 2 heterocycles. The molecule has 0 unspecified atom stereocenters. The van der Waals surface area contributed by atoms with Crippen LogP contribution in [0.15, 0.2) is 53.9 Å². The summed E-state index contributed by atoms with van der Waals surface area (Å²) in [4.78, 5) is 14.4. The van der Waals surface area contributed by atoms with Crippen molar-refractivity contribution in [3.8, 4) is 11.4 Å². The predicted octanol–water partition coefficient (Wildman–Crippen LogP) is 2.25. The van der Waals surface area contributed by atoms with Crippen molar-refractivity contribution in [3.63, 3.8) is 0 Å². The Kier molecular flexibility index (Phi) is 4.20. The maximum absolute atomic E-state index is 10.8. The molecule has 1 aromatic carbocycles. The summed E-state index contributed by atoms with van der Waals surface area (Å²) in [6, 6.07) is 10.1. The number of nitrogen functional groups attached to an aromatic ring is 1. The largest absolute Gasteiger partial charge is 0.335 e. The van der Waals surface area contributed by atoms with Crippen molar-refractivity contribution in [1.82, 2.24) is 19.9 Å². The normalized spacial score (nSPS) is 10.6. The summed E-state index contributed by atoms with van der Waals surface area (Å²) in [7, 11) is 0. The molecule has 3 aromatic rings. The molecule has 0 aliphatic carbocycles. The summed E-state index contributed by atoms with van der Waals surface area (Å²) in [5.41, 5.74) is 1.65. The minimum atomic E-state index is -0.417. The Morgan fingerprint density at radius 2 is 2.13 bits per heavy atom. The molecule has 0 bridgehead atoms. The van der Waals surface area contributed by atoms with Crippen molar-refractivity contribution in [3.05, 3.63) is 64.5 Å². The number of non-ortho nitro benzene ring substituents is 1. The van der Waals surface area contributed by atoms with Gasteiger partial charge in [0.1, 0.15) is 0 Å². The maximum Gasteiger partial charge on any atom is 0.269 e. The lowest BCUT2D eigenvalue weighted by atomic mass is 10.2. The Morgan fingerprint density at radius 1 is 1.26 bits per heavy atom. The Morgan fingerprint density at radius 3 is 2.87 bits per heavy atom. The molecule has 0 aliphatic rings. The van der Waals surface area contributed by atoms with Gasteiger partial charge < -0.3 is 5.84 Å². The average molecular weight is 328 g/mol. The van der Waals surface area contributed by atoms with Crippen LogP contribution in [-0.2, 0) is 5.75 Å². The number of rotatable bonds is 5. The van der Waals surface area contributed by atoms with E-state index in [2.05, 4.69) is 15.2 Å². The molecule has 0 fully saturated rings. The van der Waals surface area contributed by atoms with Gasteiger partial charge in [-0.3, -0.25) is 15.1 Å². The van der Waals surface area contributed by atoms with Gasteiger partial charge in [0.25, 0.3) is 5.69 Å². The number of hydrogen-bond donors (Lipinski definition) is 1. The molecule has 0 atom stereocenters. The van der Waals surface area contributed by atoms with E-state index in [9.17, 15) is 10.1 Å². The van der Waals surface area contributed by atoms with Gasteiger partial charge >= 0.3 is 0 Å². The minimum Gasteiger partial charge on any atom is -0.335 e. The van der Waals surface area contributed by atoms with E-state index < -0.39 is 4.92 Å². The highest BCUT2D eigenvalue weighted by atomic mass is 32.2. The van der Waals surface area contributed by atoms with E-state index in [1.54, 1.807) is 24.5 Å². The van der Waals surface area contributed by atoms with Crippen molar-refractivity contribution in [2.24, 2.45) is 0 Å². The smallest absolute Gasteiger partial charge is 0.269 e. The van der Waals surface area contributed by atoms with Crippen molar-refractivity contribution in [1.29, 1.82) is 0 Å². The van der Waals surface area contributed by atoms with Crippen LogP contribution in [0.25, 0.3) is 11.4 Å². The van der Waals surface area contributed by atoms with E-state index in [4.69, 9.17) is 5.84 Å². The Hall–Kier alpha value is -2.94. The number of pyridine rings is 1. The fraction of sp³-hybridized carbons (Fsp3) is 0.0714. The fourth-order valence-corrected chi connectivity index (χ4v) is 2.77. The summed E-state index contributed by atoms with van der Waals surface area (Å²) in [6.45, 7) is 0. The number of nitrogens with zero attached hydrogens (tertiary/aromatic N) is 5. The number of hydrogen-bond acceptors (Lipinski definition) is 7. The standard InChI is InChI=1S/C14H12N6O2S/c15-19-13(11-4-2-6-16-8-11)17-18-14(19)23-9-10-3-1-5-12(7-10)20(21)22/h1-8H,9,15H2. The molecule has 116 valence electrons. The highest BCUT2D eigenvalue weighted by Gasteiger charge is 2.13. The zero-order chi connectivity index (χ0) is 16.2. The summed E-state index contributed by atoms with van der Waals surface area (Å²) < 4.78 is 1.39. The molecule has 2 N–H and O–H groups in total. The first-order valence-corrected chi connectivity index (χ1v) is 7.61. The van der Waals surface area contributed by atoms with Gasteiger partial charge in [0.05, 0.1) is 4.92 Å². The Bertz CT molecular complexity index is 836. The Labute approximate surface area is 135 Å². The summed E-state index contributed by atoms with van der Waals surface area (Å²) in [6.07, 6.45) is 3.32. The number of nitro groups is 1. The summed E-state index contributed by atoms with van der Waals surface area (Å²) in [5, 5.41) is 19.4. The third-order valence-electron chi connectivity index (χ3n) is 3.07. The van der Waals surface area contributed by atoms with Crippen LogP contribution in [0.4, 0.5) is 5.69 Å². The van der Waals surface area contributed by atoms with Gasteiger partial charge in [0.2, 0.25) is 5.16 Å². The first-order valence-electron chi connectivity index (χ1n) is 6.62. The maximum atomic E-state index is 10.8. The molecule has 0 saturated heterocycles. The summed E-state index contributed by atoms with van der Waals surface area (Å²) >= 11 is 1.36. The lowest BCUT2D eigenvalue weighted by Gasteiger charge is -2.03. The van der Waals surface area contributed by atoms with Crippen LogP contribution in [0.5, 0.6) is 0 Å². The first kappa shape index (κ1) is 15.0.